The molecule has 0 spiro atoms. The van der Waals surface area contributed by atoms with Crippen molar-refractivity contribution in [3.05, 3.63) is 35.4 Å². The van der Waals surface area contributed by atoms with E-state index in [-0.39, 0.29) is 25.0 Å². The highest BCUT2D eigenvalue weighted by Gasteiger charge is 2.34. The molecule has 0 N–H and O–H groups in total. The van der Waals surface area contributed by atoms with Crippen LogP contribution in [-0.2, 0) is 61.6 Å². The minimum absolute atomic E-state index is 0.213. The SMILES string of the molecule is CCCCCCCCCCCCCOCCOCCOCCOCCOCCOCCOCCOCCOCCOCCOCCOCCOCCN1C(=O)c2ccccc2C1=O. The molecular formula is C47H83NO15. The number of carbonyl (C=O) groups excluding carboxylic acids is 2. The number of benzene rings is 1. The zero-order valence-electron chi connectivity index (χ0n) is 38.8. The van der Waals surface area contributed by atoms with Gasteiger partial charge in [-0.2, -0.15) is 0 Å². The molecule has 63 heavy (non-hydrogen) atoms. The van der Waals surface area contributed by atoms with Crippen molar-refractivity contribution < 1.29 is 71.2 Å². The summed E-state index contributed by atoms with van der Waals surface area (Å²) in [5.74, 6) is -0.556. The van der Waals surface area contributed by atoms with Gasteiger partial charge in [0, 0.05) is 6.61 Å². The van der Waals surface area contributed by atoms with Gasteiger partial charge < -0.3 is 61.6 Å². The topological polar surface area (TPSA) is 157 Å². The molecule has 1 heterocycles. The number of hydrogen-bond donors (Lipinski definition) is 0. The summed E-state index contributed by atoms with van der Waals surface area (Å²) in [6.07, 6.45) is 14.8. The van der Waals surface area contributed by atoms with E-state index in [2.05, 4.69) is 6.92 Å². The summed E-state index contributed by atoms with van der Waals surface area (Å²) in [4.78, 5) is 25.9. The zero-order valence-corrected chi connectivity index (χ0v) is 38.8. The lowest BCUT2D eigenvalue weighted by atomic mass is 10.1. The Bertz CT molecular complexity index is 1130. The Kier molecular flexibility index (Phi) is 40.7. The van der Waals surface area contributed by atoms with Crippen LogP contribution in [-0.4, -0.2) is 195 Å². The summed E-state index contributed by atoms with van der Waals surface area (Å²) < 4.78 is 71.9. The predicted octanol–water partition coefficient (Wildman–Crippen LogP) is 5.81. The molecule has 0 fully saturated rings. The second-order valence-corrected chi connectivity index (χ2v) is 14.8. The van der Waals surface area contributed by atoms with Crippen LogP contribution in [0.25, 0.3) is 0 Å². The Morgan fingerprint density at radius 1 is 0.302 bits per heavy atom. The van der Waals surface area contributed by atoms with Crippen LogP contribution in [0.2, 0.25) is 0 Å². The largest absolute Gasteiger partial charge is 0.379 e. The molecule has 1 aliphatic rings. The maximum Gasteiger partial charge on any atom is 0.261 e. The number of carbonyl (C=O) groups is 2. The maximum atomic E-state index is 12.3. The van der Waals surface area contributed by atoms with Crippen LogP contribution in [0.3, 0.4) is 0 Å². The van der Waals surface area contributed by atoms with Crippen LogP contribution < -0.4 is 0 Å². The Hall–Kier alpha value is -2.16. The molecule has 0 bridgehead atoms. The zero-order chi connectivity index (χ0) is 44.8. The van der Waals surface area contributed by atoms with Gasteiger partial charge in [-0.15, -0.1) is 0 Å². The number of nitrogens with zero attached hydrogens (tertiary/aromatic N) is 1. The quantitative estimate of drug-likeness (QED) is 0.0570. The number of hydrogen-bond acceptors (Lipinski definition) is 15. The molecule has 1 aliphatic heterocycles. The molecule has 366 valence electrons. The van der Waals surface area contributed by atoms with E-state index in [1.54, 1.807) is 24.3 Å². The van der Waals surface area contributed by atoms with Crippen molar-refractivity contribution in [1.29, 1.82) is 0 Å². The molecule has 1 aromatic rings. The van der Waals surface area contributed by atoms with Gasteiger partial charge in [-0.25, -0.2) is 0 Å². The van der Waals surface area contributed by atoms with Crippen molar-refractivity contribution in [2.24, 2.45) is 0 Å². The molecule has 0 aliphatic carbocycles. The summed E-state index contributed by atoms with van der Waals surface area (Å²) in [5, 5.41) is 0. The van der Waals surface area contributed by atoms with Gasteiger partial charge in [-0.05, 0) is 18.6 Å². The molecule has 0 saturated carbocycles. The van der Waals surface area contributed by atoms with Crippen molar-refractivity contribution in [2.75, 3.05) is 178 Å². The Morgan fingerprint density at radius 3 is 0.794 bits per heavy atom. The third kappa shape index (κ3) is 33.9. The lowest BCUT2D eigenvalue weighted by Crippen LogP contribution is -2.33. The fourth-order valence-corrected chi connectivity index (χ4v) is 6.21. The molecule has 0 aromatic heterocycles. The predicted molar refractivity (Wildman–Crippen MR) is 239 cm³/mol. The number of amides is 2. The number of imide groups is 1. The van der Waals surface area contributed by atoms with Crippen LogP contribution >= 0.6 is 0 Å². The van der Waals surface area contributed by atoms with Crippen LogP contribution in [0.15, 0.2) is 24.3 Å². The average Bonchev–Trinajstić information content (AvgIpc) is 3.54. The molecule has 2 rings (SSSR count). The van der Waals surface area contributed by atoms with Gasteiger partial charge >= 0.3 is 0 Å². The minimum atomic E-state index is -0.278. The Morgan fingerprint density at radius 2 is 0.524 bits per heavy atom. The second kappa shape index (κ2) is 45.0. The van der Waals surface area contributed by atoms with Crippen molar-refractivity contribution >= 4 is 11.8 Å². The first kappa shape index (κ1) is 57.0. The number of ether oxygens (including phenoxy) is 13. The third-order valence-electron chi connectivity index (χ3n) is 9.69. The molecule has 16 heteroatoms. The van der Waals surface area contributed by atoms with Gasteiger partial charge in [0.2, 0.25) is 0 Å². The molecular weight excluding hydrogens is 819 g/mol. The highest BCUT2D eigenvalue weighted by molar-refractivity contribution is 6.21. The van der Waals surface area contributed by atoms with E-state index in [1.807, 2.05) is 0 Å². The summed E-state index contributed by atoms with van der Waals surface area (Å²) in [6.45, 7) is 15.5. The van der Waals surface area contributed by atoms with Gasteiger partial charge in [-0.3, -0.25) is 14.5 Å². The first-order valence-electron chi connectivity index (χ1n) is 23.7. The summed E-state index contributed by atoms with van der Waals surface area (Å²) in [7, 11) is 0. The van der Waals surface area contributed by atoms with Crippen molar-refractivity contribution in [1.82, 2.24) is 4.90 Å². The Labute approximate surface area is 378 Å². The summed E-state index contributed by atoms with van der Waals surface area (Å²) in [5.41, 5.74) is 0.883. The summed E-state index contributed by atoms with van der Waals surface area (Å²) >= 11 is 0. The monoisotopic (exact) mass is 902 g/mol. The maximum absolute atomic E-state index is 12.3. The highest BCUT2D eigenvalue weighted by atomic mass is 16.6. The lowest BCUT2D eigenvalue weighted by Gasteiger charge is -2.13. The minimum Gasteiger partial charge on any atom is -0.379 e. The number of rotatable bonds is 51. The van der Waals surface area contributed by atoms with Gasteiger partial charge in [-0.1, -0.05) is 83.3 Å². The van der Waals surface area contributed by atoms with E-state index >= 15 is 0 Å². The molecule has 1 aromatic carbocycles. The molecule has 0 atom stereocenters. The van der Waals surface area contributed by atoms with E-state index in [9.17, 15) is 9.59 Å². The van der Waals surface area contributed by atoms with E-state index in [1.165, 1.54) is 69.1 Å². The fourth-order valence-electron chi connectivity index (χ4n) is 6.21. The first-order valence-corrected chi connectivity index (χ1v) is 23.7. The van der Waals surface area contributed by atoms with Crippen LogP contribution in [0.4, 0.5) is 0 Å². The molecule has 0 saturated heterocycles. The van der Waals surface area contributed by atoms with Gasteiger partial charge in [0.15, 0.2) is 0 Å². The molecule has 0 unspecified atom stereocenters. The highest BCUT2D eigenvalue weighted by Crippen LogP contribution is 2.22. The van der Waals surface area contributed by atoms with Crippen molar-refractivity contribution in [3.8, 4) is 0 Å². The Balaban J connectivity index is 1.12. The van der Waals surface area contributed by atoms with E-state index in [4.69, 9.17) is 61.6 Å². The number of fused-ring (bicyclic) bond motifs is 1. The van der Waals surface area contributed by atoms with Crippen LogP contribution in [0.5, 0.6) is 0 Å². The lowest BCUT2D eigenvalue weighted by molar-refractivity contribution is -0.0291. The van der Waals surface area contributed by atoms with E-state index < -0.39 is 0 Å². The normalized spacial score (nSPS) is 12.6. The second-order valence-electron chi connectivity index (χ2n) is 14.8. The van der Waals surface area contributed by atoms with Gasteiger partial charge in [0.1, 0.15) is 0 Å². The molecule has 16 nitrogen and oxygen atoms in total. The molecule has 2 amide bonds. The first-order chi connectivity index (χ1) is 31.3. The van der Waals surface area contributed by atoms with Crippen molar-refractivity contribution in [2.45, 2.75) is 77.6 Å². The smallest absolute Gasteiger partial charge is 0.261 e. The van der Waals surface area contributed by atoms with Crippen LogP contribution in [0.1, 0.15) is 98.3 Å². The molecule has 0 radical (unpaired) electrons. The van der Waals surface area contributed by atoms with E-state index in [0.29, 0.717) is 170 Å². The average molecular weight is 902 g/mol. The third-order valence-corrected chi connectivity index (χ3v) is 9.69. The number of unbranched alkanes of at least 4 members (excludes halogenated alkanes) is 10. The van der Waals surface area contributed by atoms with E-state index in [0.717, 1.165) is 13.0 Å². The van der Waals surface area contributed by atoms with Crippen molar-refractivity contribution in [3.63, 3.8) is 0 Å². The fraction of sp³-hybridized carbons (Fsp3) is 0.830. The van der Waals surface area contributed by atoms with Crippen LogP contribution in [0, 0.1) is 0 Å². The van der Waals surface area contributed by atoms with Gasteiger partial charge in [0.05, 0.1) is 183 Å². The van der Waals surface area contributed by atoms with Gasteiger partial charge in [0.25, 0.3) is 11.8 Å². The summed E-state index contributed by atoms with van der Waals surface area (Å²) in [6, 6.07) is 6.83. The standard InChI is InChI=1S/C47H83NO15/c1-2-3-4-5-6-7-8-9-10-11-14-18-51-20-22-53-24-26-55-28-30-57-32-34-59-36-38-61-40-42-63-43-41-62-39-37-60-35-33-58-31-29-56-27-25-54-23-21-52-19-17-48-46(49)44-15-12-13-16-45(44)47(48)50/h12-13,15-16H,2-11,14,17-43H2,1H3.